The summed E-state index contributed by atoms with van der Waals surface area (Å²) in [6, 6.07) is 5.53. The molecule has 0 unspecified atom stereocenters. The quantitative estimate of drug-likeness (QED) is 0.574. The van der Waals surface area contributed by atoms with Crippen molar-refractivity contribution in [1.82, 2.24) is 39.1 Å². The van der Waals surface area contributed by atoms with Gasteiger partial charge in [0, 0.05) is 24.5 Å². The third-order valence-corrected chi connectivity index (χ3v) is 5.17. The van der Waals surface area contributed by atoms with Gasteiger partial charge in [0.1, 0.15) is 18.2 Å². The van der Waals surface area contributed by atoms with Crippen LogP contribution < -0.4 is 10.9 Å². The smallest absolute Gasteiger partial charge is 0.267 e. The van der Waals surface area contributed by atoms with Crippen molar-refractivity contribution in [2.24, 2.45) is 0 Å². The Hall–Kier alpha value is -3.56. The van der Waals surface area contributed by atoms with E-state index in [0.29, 0.717) is 11.9 Å². The predicted molar refractivity (Wildman–Crippen MR) is 101 cm³/mol. The van der Waals surface area contributed by atoms with Crippen molar-refractivity contribution < 1.29 is 0 Å². The highest BCUT2D eigenvalue weighted by Gasteiger charge is 2.24. The van der Waals surface area contributed by atoms with E-state index in [1.54, 1.807) is 44.7 Å². The molecule has 0 radical (unpaired) electrons. The first-order valence-electron chi connectivity index (χ1n) is 9.28. The van der Waals surface area contributed by atoms with Crippen molar-refractivity contribution >= 4 is 11.3 Å². The summed E-state index contributed by atoms with van der Waals surface area (Å²) >= 11 is 0. The van der Waals surface area contributed by atoms with Gasteiger partial charge in [-0.3, -0.25) is 4.79 Å². The molecule has 0 atom stereocenters. The fourth-order valence-electron chi connectivity index (χ4n) is 3.75. The van der Waals surface area contributed by atoms with Crippen molar-refractivity contribution in [1.29, 1.82) is 0 Å². The van der Waals surface area contributed by atoms with E-state index in [1.165, 1.54) is 6.33 Å². The van der Waals surface area contributed by atoms with Crippen molar-refractivity contribution in [3.05, 3.63) is 59.8 Å². The maximum atomic E-state index is 12.3. The van der Waals surface area contributed by atoms with Crippen molar-refractivity contribution in [2.45, 2.75) is 37.8 Å². The van der Waals surface area contributed by atoms with Crippen LogP contribution in [-0.4, -0.2) is 45.2 Å². The Morgan fingerprint density at radius 3 is 2.75 bits per heavy atom. The lowest BCUT2D eigenvalue weighted by Crippen LogP contribution is -2.33. The van der Waals surface area contributed by atoms with E-state index < -0.39 is 0 Å². The highest BCUT2D eigenvalue weighted by molar-refractivity contribution is 5.67. The monoisotopic (exact) mass is 377 g/mol. The second-order valence-corrected chi connectivity index (χ2v) is 6.90. The molecule has 4 aromatic rings. The molecule has 1 aliphatic rings. The first-order valence-corrected chi connectivity index (χ1v) is 9.28. The number of fused-ring (bicyclic) bond motifs is 1. The Balaban J connectivity index is 1.30. The van der Waals surface area contributed by atoms with Crippen LogP contribution in [0, 0.1) is 0 Å². The maximum absolute atomic E-state index is 12.3. The molecule has 28 heavy (non-hydrogen) atoms. The molecule has 1 fully saturated rings. The summed E-state index contributed by atoms with van der Waals surface area (Å²) in [6.07, 6.45) is 12.0. The summed E-state index contributed by atoms with van der Waals surface area (Å²) in [5, 5.41) is 16.4. The molecule has 0 amide bonds. The Morgan fingerprint density at radius 1 is 1.04 bits per heavy atom. The number of hydrogen-bond donors (Lipinski definition) is 1. The molecule has 4 aromatic heterocycles. The summed E-state index contributed by atoms with van der Waals surface area (Å²) in [7, 11) is 0. The van der Waals surface area contributed by atoms with Crippen molar-refractivity contribution in [2.75, 3.05) is 5.32 Å². The summed E-state index contributed by atoms with van der Waals surface area (Å²) in [4.78, 5) is 20.7. The second kappa shape index (κ2) is 6.87. The first-order chi connectivity index (χ1) is 13.8. The molecular weight excluding hydrogens is 358 g/mol. The molecule has 1 aliphatic carbocycles. The van der Waals surface area contributed by atoms with Gasteiger partial charge in [0.15, 0.2) is 11.6 Å². The van der Waals surface area contributed by atoms with Crippen molar-refractivity contribution in [3.8, 4) is 5.82 Å². The van der Waals surface area contributed by atoms with E-state index in [4.69, 9.17) is 0 Å². The van der Waals surface area contributed by atoms with Crippen LogP contribution in [0.3, 0.4) is 0 Å². The molecule has 1 N–H and O–H groups in total. The molecule has 0 aromatic carbocycles. The van der Waals surface area contributed by atoms with Gasteiger partial charge >= 0.3 is 0 Å². The van der Waals surface area contributed by atoms with E-state index in [0.717, 1.165) is 37.0 Å². The molecule has 0 saturated heterocycles. The van der Waals surface area contributed by atoms with Gasteiger partial charge in [-0.15, -0.1) is 5.10 Å². The van der Waals surface area contributed by atoms with Crippen LogP contribution in [0.5, 0.6) is 0 Å². The van der Waals surface area contributed by atoms with Crippen LogP contribution in [0.25, 0.3) is 11.3 Å². The minimum atomic E-state index is -0.0917. The first kappa shape index (κ1) is 16.6. The van der Waals surface area contributed by atoms with Gasteiger partial charge in [0.25, 0.3) is 5.56 Å². The summed E-state index contributed by atoms with van der Waals surface area (Å²) in [6.45, 7) is 0. The molecule has 10 nitrogen and oxygen atoms in total. The lowest BCUT2D eigenvalue weighted by atomic mass is 9.91. The number of nitrogens with one attached hydrogen (secondary N) is 1. The Labute approximate surface area is 159 Å². The molecule has 142 valence electrons. The average molecular weight is 377 g/mol. The van der Waals surface area contributed by atoms with Crippen LogP contribution in [0.2, 0.25) is 0 Å². The van der Waals surface area contributed by atoms with Gasteiger partial charge in [-0.1, -0.05) is 0 Å². The molecule has 10 heteroatoms. The summed E-state index contributed by atoms with van der Waals surface area (Å²) in [5.41, 5.74) is 0.869. The van der Waals surface area contributed by atoms with Crippen LogP contribution in [0.4, 0.5) is 5.82 Å². The van der Waals surface area contributed by atoms with Crippen LogP contribution >= 0.6 is 0 Å². The number of rotatable bonds is 4. The fourth-order valence-corrected chi connectivity index (χ4v) is 3.75. The third kappa shape index (κ3) is 3.02. The van der Waals surface area contributed by atoms with Gasteiger partial charge in [-0.2, -0.15) is 10.2 Å². The minimum Gasteiger partial charge on any atom is -0.366 e. The van der Waals surface area contributed by atoms with Gasteiger partial charge < -0.3 is 5.32 Å². The number of anilines is 1. The Bertz CT molecular complexity index is 1140. The molecule has 0 spiro atoms. The van der Waals surface area contributed by atoms with E-state index in [-0.39, 0.29) is 11.6 Å². The zero-order valence-corrected chi connectivity index (χ0v) is 15.1. The molecular formula is C18H19N9O. The van der Waals surface area contributed by atoms with Gasteiger partial charge in [-0.05, 0) is 37.8 Å². The zero-order chi connectivity index (χ0) is 18.9. The number of hydrogen-bond acceptors (Lipinski definition) is 7. The normalized spacial score (nSPS) is 19.7. The van der Waals surface area contributed by atoms with Crippen molar-refractivity contribution in [3.63, 3.8) is 0 Å². The Kier molecular flexibility index (Phi) is 4.08. The van der Waals surface area contributed by atoms with E-state index >= 15 is 0 Å². The largest absolute Gasteiger partial charge is 0.366 e. The van der Waals surface area contributed by atoms with Gasteiger partial charge in [0.2, 0.25) is 0 Å². The molecule has 5 rings (SSSR count). The highest BCUT2D eigenvalue weighted by atomic mass is 16.1. The van der Waals surface area contributed by atoms with E-state index in [1.807, 2.05) is 12.3 Å². The zero-order valence-electron chi connectivity index (χ0n) is 15.1. The summed E-state index contributed by atoms with van der Waals surface area (Å²) < 4.78 is 4.95. The minimum absolute atomic E-state index is 0.0766. The highest BCUT2D eigenvalue weighted by Crippen LogP contribution is 2.29. The molecule has 4 heterocycles. The van der Waals surface area contributed by atoms with Crippen LogP contribution in [0.1, 0.15) is 31.7 Å². The number of aromatic nitrogens is 8. The summed E-state index contributed by atoms with van der Waals surface area (Å²) in [5.74, 6) is 1.43. The number of nitrogens with zero attached hydrogens (tertiary/aromatic N) is 8. The molecule has 1 saturated carbocycles. The van der Waals surface area contributed by atoms with Crippen LogP contribution in [-0.2, 0) is 0 Å². The third-order valence-electron chi connectivity index (χ3n) is 5.17. The van der Waals surface area contributed by atoms with E-state index in [9.17, 15) is 4.79 Å². The van der Waals surface area contributed by atoms with Gasteiger partial charge in [0.05, 0.1) is 12.2 Å². The average Bonchev–Trinajstić information content (AvgIpc) is 3.42. The standard InChI is InChI=1S/C18H19N9O/c28-17-6-5-16(26-12-19-11-22-26)24-27(17)14-3-1-13(2-4-14)23-18-15-7-8-21-25(15)10-9-20-18/h5-14H,1-4H2,(H,20,23). The molecule has 0 bridgehead atoms. The second-order valence-electron chi connectivity index (χ2n) is 6.90. The maximum Gasteiger partial charge on any atom is 0.267 e. The predicted octanol–water partition coefficient (Wildman–Crippen LogP) is 1.46. The van der Waals surface area contributed by atoms with Gasteiger partial charge in [-0.25, -0.2) is 23.8 Å². The topological polar surface area (TPSA) is 108 Å². The lowest BCUT2D eigenvalue weighted by molar-refractivity contribution is 0.302. The molecule has 0 aliphatic heterocycles. The lowest BCUT2D eigenvalue weighted by Gasteiger charge is -2.30. The SMILES string of the molecule is O=c1ccc(-n2cncn2)nn1C1CCC(Nc2nccn3nccc23)CC1. The van der Waals surface area contributed by atoms with Crippen LogP contribution in [0.15, 0.2) is 54.2 Å². The Morgan fingerprint density at radius 2 is 1.93 bits per heavy atom. The van der Waals surface area contributed by atoms with E-state index in [2.05, 4.69) is 30.6 Å². The fraction of sp³-hybridized carbons (Fsp3) is 0.333.